The average molecular weight is 318 g/mol. The molecule has 0 radical (unpaired) electrons. The predicted octanol–water partition coefficient (Wildman–Crippen LogP) is 2.84. The molecule has 0 heterocycles. The summed E-state index contributed by atoms with van der Waals surface area (Å²) in [6.45, 7) is 4.38. The molecule has 0 bridgehead atoms. The summed E-state index contributed by atoms with van der Waals surface area (Å²) in [5.41, 5.74) is 1.88. The van der Waals surface area contributed by atoms with Crippen molar-refractivity contribution in [1.29, 1.82) is 0 Å². The van der Waals surface area contributed by atoms with E-state index in [1.165, 1.54) is 0 Å². The van der Waals surface area contributed by atoms with E-state index < -0.39 is 0 Å². The summed E-state index contributed by atoms with van der Waals surface area (Å²) in [4.78, 5) is 0. The number of aliphatic hydroxyl groups is 2. The molecule has 0 fully saturated rings. The fraction of sp³-hybridized carbons (Fsp3) is 0.333. The van der Waals surface area contributed by atoms with E-state index in [0.29, 0.717) is 11.5 Å². The van der Waals surface area contributed by atoms with Crippen LogP contribution in [0.4, 0.5) is 0 Å². The van der Waals surface area contributed by atoms with E-state index in [-0.39, 0.29) is 26.4 Å². The quantitative estimate of drug-likeness (QED) is 0.783. The highest BCUT2D eigenvalue weighted by atomic mass is 16.5. The Morgan fingerprint density at radius 1 is 0.739 bits per heavy atom. The van der Waals surface area contributed by atoms with E-state index in [4.69, 9.17) is 24.4 Å². The number of benzene rings is 2. The zero-order valence-corrected chi connectivity index (χ0v) is 13.4. The topological polar surface area (TPSA) is 68.2 Å². The Hall–Kier alpha value is -2.24. The van der Waals surface area contributed by atoms with E-state index >= 15 is 0 Å². The number of rotatable bonds is 8. The molecule has 0 atom stereocenters. The van der Waals surface area contributed by atoms with E-state index in [1.807, 2.05) is 50.2 Å². The Balaban J connectivity index is 2.07. The highest BCUT2D eigenvalue weighted by molar-refractivity contribution is 5.44. The molecular formula is C18H22O5. The largest absolute Gasteiger partial charge is 0.491 e. The van der Waals surface area contributed by atoms with Gasteiger partial charge in [0.1, 0.15) is 36.2 Å². The van der Waals surface area contributed by atoms with Gasteiger partial charge in [0.25, 0.3) is 0 Å². The minimum atomic E-state index is -0.0122. The third kappa shape index (κ3) is 4.87. The Labute approximate surface area is 136 Å². The van der Waals surface area contributed by atoms with Gasteiger partial charge >= 0.3 is 0 Å². The van der Waals surface area contributed by atoms with Crippen LogP contribution in [0.5, 0.6) is 23.0 Å². The van der Waals surface area contributed by atoms with Crippen LogP contribution in [0, 0.1) is 13.8 Å². The molecule has 2 aromatic carbocycles. The molecule has 0 aliphatic rings. The molecular weight excluding hydrogens is 296 g/mol. The van der Waals surface area contributed by atoms with Gasteiger partial charge in [-0.1, -0.05) is 0 Å². The highest BCUT2D eigenvalue weighted by Crippen LogP contribution is 2.30. The first kappa shape index (κ1) is 17.1. The molecule has 0 amide bonds. The van der Waals surface area contributed by atoms with Crippen molar-refractivity contribution in [2.45, 2.75) is 13.8 Å². The zero-order valence-electron chi connectivity index (χ0n) is 13.4. The van der Waals surface area contributed by atoms with Crippen LogP contribution < -0.4 is 14.2 Å². The summed E-state index contributed by atoms with van der Waals surface area (Å²) in [6.07, 6.45) is 0. The molecule has 2 N–H and O–H groups in total. The van der Waals surface area contributed by atoms with Crippen molar-refractivity contribution in [3.63, 3.8) is 0 Å². The number of aliphatic hydroxyl groups excluding tert-OH is 2. The summed E-state index contributed by atoms with van der Waals surface area (Å²) in [6, 6.07) is 11.1. The molecule has 0 spiro atoms. The summed E-state index contributed by atoms with van der Waals surface area (Å²) in [5.74, 6) is 2.88. The Bertz CT molecular complexity index is 584. The summed E-state index contributed by atoms with van der Waals surface area (Å²) in [7, 11) is 0. The molecule has 124 valence electrons. The average Bonchev–Trinajstić information content (AvgIpc) is 2.53. The van der Waals surface area contributed by atoms with Gasteiger partial charge in [-0.2, -0.15) is 0 Å². The molecule has 0 unspecified atom stereocenters. The van der Waals surface area contributed by atoms with Gasteiger partial charge in [0, 0.05) is 0 Å². The van der Waals surface area contributed by atoms with Gasteiger partial charge in [-0.05, 0) is 61.4 Å². The second-order valence-corrected chi connectivity index (χ2v) is 5.10. The number of ether oxygens (including phenoxy) is 3. The standard InChI is InChI=1S/C18H22O5/c1-13-11-15(3-5-17(13)21-9-7-19)23-16-4-6-18(14(2)12-16)22-10-8-20/h3-6,11-12,19-20H,7-10H2,1-2H3. The first-order valence-corrected chi connectivity index (χ1v) is 7.50. The van der Waals surface area contributed by atoms with Crippen molar-refractivity contribution in [1.82, 2.24) is 0 Å². The van der Waals surface area contributed by atoms with Crippen LogP contribution in [0.15, 0.2) is 36.4 Å². The van der Waals surface area contributed by atoms with Crippen LogP contribution in [-0.4, -0.2) is 36.6 Å². The van der Waals surface area contributed by atoms with E-state index in [9.17, 15) is 0 Å². The van der Waals surface area contributed by atoms with Gasteiger partial charge < -0.3 is 24.4 Å². The van der Waals surface area contributed by atoms with Crippen LogP contribution in [0.25, 0.3) is 0 Å². The summed E-state index contributed by atoms with van der Waals surface area (Å²) < 4.78 is 16.7. The number of hydrogen-bond acceptors (Lipinski definition) is 5. The predicted molar refractivity (Wildman–Crippen MR) is 87.6 cm³/mol. The molecule has 5 nitrogen and oxygen atoms in total. The van der Waals surface area contributed by atoms with Gasteiger partial charge in [-0.3, -0.25) is 0 Å². The van der Waals surface area contributed by atoms with Crippen molar-refractivity contribution >= 4 is 0 Å². The second kappa shape index (κ2) is 8.41. The van der Waals surface area contributed by atoms with Crippen molar-refractivity contribution in [2.24, 2.45) is 0 Å². The Kier molecular flexibility index (Phi) is 6.26. The molecule has 0 saturated heterocycles. The van der Waals surface area contributed by atoms with Crippen molar-refractivity contribution in [3.05, 3.63) is 47.5 Å². The summed E-state index contributed by atoms with van der Waals surface area (Å²) in [5, 5.41) is 17.6. The van der Waals surface area contributed by atoms with E-state index in [2.05, 4.69) is 0 Å². The molecule has 2 aromatic rings. The first-order valence-electron chi connectivity index (χ1n) is 7.50. The maximum atomic E-state index is 8.80. The van der Waals surface area contributed by atoms with E-state index in [0.717, 1.165) is 22.6 Å². The van der Waals surface area contributed by atoms with Crippen molar-refractivity contribution in [3.8, 4) is 23.0 Å². The van der Waals surface area contributed by atoms with Crippen LogP contribution >= 0.6 is 0 Å². The Morgan fingerprint density at radius 3 is 1.52 bits per heavy atom. The second-order valence-electron chi connectivity index (χ2n) is 5.10. The fourth-order valence-corrected chi connectivity index (χ4v) is 2.14. The minimum absolute atomic E-state index is 0.0122. The number of hydrogen-bond donors (Lipinski definition) is 2. The molecule has 0 saturated carbocycles. The van der Waals surface area contributed by atoms with Crippen LogP contribution in [0.1, 0.15) is 11.1 Å². The van der Waals surface area contributed by atoms with Gasteiger partial charge in [-0.25, -0.2) is 0 Å². The lowest BCUT2D eigenvalue weighted by Gasteiger charge is -2.12. The Morgan fingerprint density at radius 2 is 1.17 bits per heavy atom. The molecule has 0 aliphatic heterocycles. The monoisotopic (exact) mass is 318 g/mol. The lowest BCUT2D eigenvalue weighted by molar-refractivity contribution is 0.200. The van der Waals surface area contributed by atoms with Crippen LogP contribution in [-0.2, 0) is 0 Å². The van der Waals surface area contributed by atoms with Gasteiger partial charge in [0.05, 0.1) is 13.2 Å². The first-order chi connectivity index (χ1) is 11.1. The molecule has 23 heavy (non-hydrogen) atoms. The van der Waals surface area contributed by atoms with Gasteiger partial charge in [0.15, 0.2) is 0 Å². The van der Waals surface area contributed by atoms with Crippen molar-refractivity contribution < 1.29 is 24.4 Å². The van der Waals surface area contributed by atoms with E-state index in [1.54, 1.807) is 0 Å². The lowest BCUT2D eigenvalue weighted by Crippen LogP contribution is -2.03. The molecule has 5 heteroatoms. The van der Waals surface area contributed by atoms with Crippen LogP contribution in [0.2, 0.25) is 0 Å². The maximum absolute atomic E-state index is 8.80. The van der Waals surface area contributed by atoms with Gasteiger partial charge in [-0.15, -0.1) is 0 Å². The van der Waals surface area contributed by atoms with Crippen LogP contribution in [0.3, 0.4) is 0 Å². The number of aryl methyl sites for hydroxylation is 2. The molecule has 2 rings (SSSR count). The third-order valence-electron chi connectivity index (χ3n) is 3.23. The zero-order chi connectivity index (χ0) is 16.7. The van der Waals surface area contributed by atoms with Gasteiger partial charge in [0.2, 0.25) is 0 Å². The third-order valence-corrected chi connectivity index (χ3v) is 3.23. The highest BCUT2D eigenvalue weighted by Gasteiger charge is 2.06. The lowest BCUT2D eigenvalue weighted by atomic mass is 10.2. The SMILES string of the molecule is Cc1cc(Oc2ccc(OCCO)c(C)c2)ccc1OCCO. The normalized spacial score (nSPS) is 10.4. The fourth-order valence-electron chi connectivity index (χ4n) is 2.14. The smallest absolute Gasteiger partial charge is 0.127 e. The molecule has 0 aromatic heterocycles. The maximum Gasteiger partial charge on any atom is 0.127 e. The van der Waals surface area contributed by atoms with Crippen molar-refractivity contribution in [2.75, 3.05) is 26.4 Å². The summed E-state index contributed by atoms with van der Waals surface area (Å²) >= 11 is 0. The minimum Gasteiger partial charge on any atom is -0.491 e. The molecule has 0 aliphatic carbocycles.